The fraction of sp³-hybridized carbons (Fsp3) is 0.200. The predicted molar refractivity (Wildman–Crippen MR) is 60.1 cm³/mol. The van der Waals surface area contributed by atoms with Gasteiger partial charge >= 0.3 is 5.97 Å². The van der Waals surface area contributed by atoms with Gasteiger partial charge in [-0.15, -0.1) is 0 Å². The molecule has 0 aliphatic rings. The molecule has 0 unspecified atom stereocenters. The summed E-state index contributed by atoms with van der Waals surface area (Å²) in [5, 5.41) is 11.7. The Morgan fingerprint density at radius 1 is 1.38 bits per heavy atom. The second kappa shape index (κ2) is 5.01. The van der Waals surface area contributed by atoms with Crippen LogP contribution in [0, 0.1) is 0 Å². The number of hydrogen-bond donors (Lipinski definition) is 4. The summed E-state index contributed by atoms with van der Waals surface area (Å²) in [5.41, 5.74) is 11.3. The lowest BCUT2D eigenvalue weighted by atomic mass is 10.1. The summed E-state index contributed by atoms with van der Waals surface area (Å²) in [6.07, 6.45) is 0.163. The van der Waals surface area contributed by atoms with Gasteiger partial charge in [-0.1, -0.05) is 6.07 Å². The molecule has 0 spiro atoms. The number of nitrogen functional groups attached to an aromatic ring is 1. The number of para-hydroxylation sites is 1. The number of hydrogen-bond acceptors (Lipinski definition) is 4. The maximum Gasteiger partial charge on any atom is 0.337 e. The van der Waals surface area contributed by atoms with Crippen molar-refractivity contribution in [2.24, 2.45) is 5.73 Å². The summed E-state index contributed by atoms with van der Waals surface area (Å²) < 4.78 is 0. The minimum absolute atomic E-state index is 0.0316. The Morgan fingerprint density at radius 2 is 2.06 bits per heavy atom. The number of rotatable bonds is 5. The zero-order valence-corrected chi connectivity index (χ0v) is 8.56. The Hall–Kier alpha value is -2.24. The van der Waals surface area contributed by atoms with E-state index in [9.17, 15) is 9.59 Å². The van der Waals surface area contributed by atoms with E-state index >= 15 is 0 Å². The number of benzene rings is 1. The van der Waals surface area contributed by atoms with E-state index in [0.29, 0.717) is 12.2 Å². The molecule has 1 aromatic carbocycles. The first-order valence-electron chi connectivity index (χ1n) is 4.66. The van der Waals surface area contributed by atoms with Crippen LogP contribution in [0.2, 0.25) is 0 Å². The van der Waals surface area contributed by atoms with Crippen molar-refractivity contribution < 1.29 is 14.7 Å². The lowest BCUT2D eigenvalue weighted by molar-refractivity contribution is -0.117. The number of amides is 1. The van der Waals surface area contributed by atoms with Gasteiger partial charge in [0.2, 0.25) is 5.91 Å². The minimum Gasteiger partial charge on any atom is -0.478 e. The summed E-state index contributed by atoms with van der Waals surface area (Å²) >= 11 is 0. The fourth-order valence-electron chi connectivity index (χ4n) is 1.23. The molecule has 6 nitrogen and oxygen atoms in total. The smallest absolute Gasteiger partial charge is 0.337 e. The Balaban J connectivity index is 2.77. The number of aromatic carboxylic acids is 1. The molecule has 0 aliphatic carbocycles. The van der Waals surface area contributed by atoms with Crippen molar-refractivity contribution in [2.75, 3.05) is 17.6 Å². The number of carboxylic acids is 1. The van der Waals surface area contributed by atoms with Crippen LogP contribution >= 0.6 is 0 Å². The molecule has 0 aromatic heterocycles. The molecule has 0 saturated carbocycles. The zero-order valence-electron chi connectivity index (χ0n) is 8.56. The molecular formula is C10H13N3O3. The van der Waals surface area contributed by atoms with E-state index in [1.165, 1.54) is 6.07 Å². The maximum atomic E-state index is 10.8. The van der Waals surface area contributed by atoms with Crippen molar-refractivity contribution in [1.82, 2.24) is 0 Å². The first-order chi connectivity index (χ1) is 7.52. The number of carbonyl (C=O) groups is 2. The molecule has 0 radical (unpaired) electrons. The van der Waals surface area contributed by atoms with Crippen molar-refractivity contribution in [3.63, 3.8) is 0 Å². The molecule has 86 valence electrons. The van der Waals surface area contributed by atoms with Crippen LogP contribution < -0.4 is 16.8 Å². The van der Waals surface area contributed by atoms with E-state index in [0.717, 1.165) is 0 Å². The van der Waals surface area contributed by atoms with Crippen molar-refractivity contribution >= 4 is 23.3 Å². The number of nitrogens with two attached hydrogens (primary N) is 2. The molecule has 0 fully saturated rings. The standard InChI is InChI=1S/C10H13N3O3/c11-8(14)4-5-13-7-3-1-2-6(9(7)12)10(15)16/h1-3,13H,4-5,12H2,(H2,11,14)(H,15,16). The molecule has 16 heavy (non-hydrogen) atoms. The number of anilines is 2. The molecule has 1 amide bonds. The van der Waals surface area contributed by atoms with Gasteiger partial charge in [0.05, 0.1) is 16.9 Å². The molecule has 0 atom stereocenters. The lowest BCUT2D eigenvalue weighted by Gasteiger charge is -2.10. The molecule has 0 aliphatic heterocycles. The average Bonchev–Trinajstić information content (AvgIpc) is 2.19. The second-order valence-electron chi connectivity index (χ2n) is 3.22. The Morgan fingerprint density at radius 3 is 2.62 bits per heavy atom. The quantitative estimate of drug-likeness (QED) is 0.534. The van der Waals surface area contributed by atoms with Crippen molar-refractivity contribution in [1.29, 1.82) is 0 Å². The summed E-state index contributed by atoms with van der Waals surface area (Å²) in [6, 6.07) is 4.63. The molecule has 1 aromatic rings. The highest BCUT2D eigenvalue weighted by Crippen LogP contribution is 2.22. The first kappa shape index (κ1) is 11.8. The van der Waals surface area contributed by atoms with E-state index < -0.39 is 11.9 Å². The van der Waals surface area contributed by atoms with Crippen LogP contribution in [0.25, 0.3) is 0 Å². The third kappa shape index (κ3) is 2.88. The van der Waals surface area contributed by atoms with Gasteiger partial charge in [-0.25, -0.2) is 4.79 Å². The number of carbonyl (C=O) groups excluding carboxylic acids is 1. The van der Waals surface area contributed by atoms with E-state index in [-0.39, 0.29) is 17.7 Å². The van der Waals surface area contributed by atoms with Gasteiger partial charge in [-0.05, 0) is 12.1 Å². The van der Waals surface area contributed by atoms with E-state index in [4.69, 9.17) is 16.6 Å². The Labute approximate surface area is 92.2 Å². The van der Waals surface area contributed by atoms with Gasteiger partial charge in [0, 0.05) is 13.0 Å². The average molecular weight is 223 g/mol. The van der Waals surface area contributed by atoms with Crippen molar-refractivity contribution in [3.05, 3.63) is 23.8 Å². The largest absolute Gasteiger partial charge is 0.478 e. The van der Waals surface area contributed by atoms with Crippen LogP contribution in [-0.4, -0.2) is 23.5 Å². The van der Waals surface area contributed by atoms with Gasteiger partial charge in [-0.2, -0.15) is 0 Å². The Bertz CT molecular complexity index is 418. The summed E-state index contributed by atoms with van der Waals surface area (Å²) in [5.74, 6) is -1.52. The molecule has 1 rings (SSSR count). The van der Waals surface area contributed by atoms with Crippen LogP contribution in [0.5, 0.6) is 0 Å². The van der Waals surface area contributed by atoms with E-state index in [2.05, 4.69) is 5.32 Å². The van der Waals surface area contributed by atoms with Crippen LogP contribution in [0.3, 0.4) is 0 Å². The highest BCUT2D eigenvalue weighted by atomic mass is 16.4. The van der Waals surface area contributed by atoms with Gasteiger partial charge in [0.15, 0.2) is 0 Å². The van der Waals surface area contributed by atoms with Gasteiger partial charge in [0.25, 0.3) is 0 Å². The molecule has 0 heterocycles. The molecule has 0 bridgehead atoms. The lowest BCUT2D eigenvalue weighted by Crippen LogP contribution is -2.16. The third-order valence-electron chi connectivity index (χ3n) is 2.02. The van der Waals surface area contributed by atoms with E-state index in [1.807, 2.05) is 0 Å². The maximum absolute atomic E-state index is 10.8. The van der Waals surface area contributed by atoms with Crippen LogP contribution in [0.4, 0.5) is 11.4 Å². The van der Waals surface area contributed by atoms with Gasteiger partial charge in [0.1, 0.15) is 0 Å². The highest BCUT2D eigenvalue weighted by molar-refractivity contribution is 5.97. The normalized spacial score (nSPS) is 9.75. The van der Waals surface area contributed by atoms with E-state index in [1.54, 1.807) is 12.1 Å². The van der Waals surface area contributed by atoms with Gasteiger partial charge in [-0.3, -0.25) is 4.79 Å². The number of carboxylic acid groups (broad SMARTS) is 1. The molecule has 6 N–H and O–H groups in total. The molecule has 6 heteroatoms. The van der Waals surface area contributed by atoms with Crippen LogP contribution in [0.15, 0.2) is 18.2 Å². The van der Waals surface area contributed by atoms with Gasteiger partial charge < -0.3 is 21.9 Å². The number of nitrogens with one attached hydrogen (secondary N) is 1. The van der Waals surface area contributed by atoms with Crippen LogP contribution in [0.1, 0.15) is 16.8 Å². The minimum atomic E-state index is -1.09. The SMILES string of the molecule is NC(=O)CCNc1cccc(C(=O)O)c1N. The number of primary amides is 1. The van der Waals surface area contributed by atoms with Crippen LogP contribution in [-0.2, 0) is 4.79 Å². The highest BCUT2D eigenvalue weighted by Gasteiger charge is 2.10. The first-order valence-corrected chi connectivity index (χ1v) is 4.66. The summed E-state index contributed by atoms with van der Waals surface area (Å²) in [7, 11) is 0. The summed E-state index contributed by atoms with van der Waals surface area (Å²) in [4.78, 5) is 21.3. The fourth-order valence-corrected chi connectivity index (χ4v) is 1.23. The topological polar surface area (TPSA) is 118 Å². The summed E-state index contributed by atoms with van der Waals surface area (Å²) in [6.45, 7) is 0.322. The second-order valence-corrected chi connectivity index (χ2v) is 3.22. The zero-order chi connectivity index (χ0) is 12.1. The van der Waals surface area contributed by atoms with Crippen molar-refractivity contribution in [3.8, 4) is 0 Å². The third-order valence-corrected chi connectivity index (χ3v) is 2.02. The molecular weight excluding hydrogens is 210 g/mol. The van der Waals surface area contributed by atoms with Crippen molar-refractivity contribution in [2.45, 2.75) is 6.42 Å². The predicted octanol–water partition coefficient (Wildman–Crippen LogP) is 0.254. The Kier molecular flexibility index (Phi) is 3.71. The monoisotopic (exact) mass is 223 g/mol. The molecule has 0 saturated heterocycles.